The van der Waals surface area contributed by atoms with E-state index in [1.165, 1.54) is 14.2 Å². The van der Waals surface area contributed by atoms with Crippen LogP contribution in [0.15, 0.2) is 30.3 Å². The smallest absolute Gasteiger partial charge is 0.260 e. The monoisotopic (exact) mass is 456 g/mol. The molecule has 168 valence electrons. The average molecular weight is 457 g/mol. The largest absolute Gasteiger partial charge is 0.493 e. The lowest BCUT2D eigenvalue weighted by molar-refractivity contribution is -0.126. The van der Waals surface area contributed by atoms with Gasteiger partial charge in [0.1, 0.15) is 11.4 Å². The Kier molecular flexibility index (Phi) is 4.88. The van der Waals surface area contributed by atoms with Gasteiger partial charge >= 0.3 is 0 Å². The number of carbonyl (C=O) groups excluding carboxylic acids is 2. The Bertz CT molecular complexity index is 1120. The topological polar surface area (TPSA) is 86.3 Å². The van der Waals surface area contributed by atoms with Gasteiger partial charge in [0.25, 0.3) is 5.91 Å². The zero-order valence-electron chi connectivity index (χ0n) is 18.3. The van der Waals surface area contributed by atoms with Gasteiger partial charge in [0.15, 0.2) is 23.0 Å². The van der Waals surface area contributed by atoms with Crippen LogP contribution in [-0.4, -0.2) is 48.5 Å². The SMILES string of the molecule is COc1ccc2c(c1OC)C(=O)N1[C@@H](C(=O)NCc3ccc4c(c3)OCO4)C(C)(C)S[C@@H]21. The Labute approximate surface area is 190 Å². The van der Waals surface area contributed by atoms with Crippen LogP contribution in [0, 0.1) is 0 Å². The van der Waals surface area contributed by atoms with Crippen LogP contribution in [0.1, 0.15) is 40.7 Å². The van der Waals surface area contributed by atoms with E-state index in [1.54, 1.807) is 22.7 Å². The van der Waals surface area contributed by atoms with Crippen molar-refractivity contribution in [3.63, 3.8) is 0 Å². The molecule has 2 amide bonds. The van der Waals surface area contributed by atoms with Crippen molar-refractivity contribution in [3.05, 3.63) is 47.0 Å². The second kappa shape index (κ2) is 7.51. The first-order valence-electron chi connectivity index (χ1n) is 10.3. The summed E-state index contributed by atoms with van der Waals surface area (Å²) < 4.78 is 21.1. The van der Waals surface area contributed by atoms with Crippen molar-refractivity contribution < 1.29 is 28.5 Å². The summed E-state index contributed by atoms with van der Waals surface area (Å²) in [6.45, 7) is 4.51. The van der Waals surface area contributed by atoms with E-state index in [1.807, 2.05) is 38.1 Å². The fraction of sp³-hybridized carbons (Fsp3) is 0.391. The Morgan fingerprint density at radius 2 is 1.97 bits per heavy atom. The van der Waals surface area contributed by atoms with E-state index in [9.17, 15) is 9.59 Å². The number of rotatable bonds is 5. The molecule has 0 bridgehead atoms. The summed E-state index contributed by atoms with van der Waals surface area (Å²) in [5, 5.41) is 2.74. The van der Waals surface area contributed by atoms with Gasteiger partial charge in [-0.25, -0.2) is 0 Å². The molecule has 0 radical (unpaired) electrons. The summed E-state index contributed by atoms with van der Waals surface area (Å²) in [5.74, 6) is 1.84. The predicted octanol–water partition coefficient (Wildman–Crippen LogP) is 3.10. The lowest BCUT2D eigenvalue weighted by atomic mass is 10.0. The quantitative estimate of drug-likeness (QED) is 0.740. The van der Waals surface area contributed by atoms with Crippen LogP contribution >= 0.6 is 11.8 Å². The van der Waals surface area contributed by atoms with Crippen molar-refractivity contribution in [1.29, 1.82) is 0 Å². The molecular weight excluding hydrogens is 432 g/mol. The van der Waals surface area contributed by atoms with Crippen LogP contribution in [0.3, 0.4) is 0 Å². The molecular formula is C23H24N2O6S. The number of hydrogen-bond donors (Lipinski definition) is 1. The van der Waals surface area contributed by atoms with Gasteiger partial charge in [-0.15, -0.1) is 11.8 Å². The number of methoxy groups -OCH3 is 2. The number of thioether (sulfide) groups is 1. The molecule has 5 rings (SSSR count). The molecule has 2 aromatic rings. The number of benzene rings is 2. The maximum Gasteiger partial charge on any atom is 0.260 e. The molecule has 9 heteroatoms. The lowest BCUT2D eigenvalue weighted by Gasteiger charge is -2.29. The van der Waals surface area contributed by atoms with E-state index in [0.717, 1.165) is 11.1 Å². The van der Waals surface area contributed by atoms with Gasteiger partial charge < -0.3 is 29.2 Å². The summed E-state index contributed by atoms with van der Waals surface area (Å²) in [5.41, 5.74) is 2.20. The van der Waals surface area contributed by atoms with Crippen LogP contribution < -0.4 is 24.3 Å². The predicted molar refractivity (Wildman–Crippen MR) is 118 cm³/mol. The van der Waals surface area contributed by atoms with E-state index in [2.05, 4.69) is 5.32 Å². The van der Waals surface area contributed by atoms with Gasteiger partial charge in [-0.2, -0.15) is 0 Å². The highest BCUT2D eigenvalue weighted by Gasteiger charge is 2.58. The van der Waals surface area contributed by atoms with Crippen molar-refractivity contribution in [3.8, 4) is 23.0 Å². The number of nitrogens with one attached hydrogen (secondary N) is 1. The highest BCUT2D eigenvalue weighted by Crippen LogP contribution is 2.58. The molecule has 0 aliphatic carbocycles. The Morgan fingerprint density at radius 1 is 1.19 bits per heavy atom. The normalized spacial score (nSPS) is 21.9. The third-order valence-corrected chi connectivity index (χ3v) is 7.58. The van der Waals surface area contributed by atoms with Gasteiger partial charge in [-0.1, -0.05) is 12.1 Å². The average Bonchev–Trinajstić information content (AvgIpc) is 3.43. The van der Waals surface area contributed by atoms with Crippen LogP contribution in [0.2, 0.25) is 0 Å². The minimum Gasteiger partial charge on any atom is -0.493 e. The second-order valence-corrected chi connectivity index (χ2v) is 10.1. The molecule has 3 aliphatic rings. The molecule has 0 saturated carbocycles. The van der Waals surface area contributed by atoms with Gasteiger partial charge in [-0.3, -0.25) is 9.59 Å². The van der Waals surface area contributed by atoms with E-state index in [0.29, 0.717) is 35.1 Å². The zero-order chi connectivity index (χ0) is 22.6. The number of ether oxygens (including phenoxy) is 4. The molecule has 1 fully saturated rings. The first-order chi connectivity index (χ1) is 15.4. The second-order valence-electron chi connectivity index (χ2n) is 8.36. The summed E-state index contributed by atoms with van der Waals surface area (Å²) in [6, 6.07) is 8.62. The summed E-state index contributed by atoms with van der Waals surface area (Å²) >= 11 is 1.60. The first-order valence-corrected chi connectivity index (χ1v) is 11.1. The van der Waals surface area contributed by atoms with Crippen LogP contribution in [0.25, 0.3) is 0 Å². The van der Waals surface area contributed by atoms with Crippen LogP contribution in [-0.2, 0) is 11.3 Å². The van der Waals surface area contributed by atoms with Crippen molar-refractivity contribution in [2.24, 2.45) is 0 Å². The molecule has 1 N–H and O–H groups in total. The minimum atomic E-state index is -0.637. The van der Waals surface area contributed by atoms with Crippen molar-refractivity contribution in [1.82, 2.24) is 10.2 Å². The fourth-order valence-corrected chi connectivity index (χ4v) is 6.17. The zero-order valence-corrected chi connectivity index (χ0v) is 19.1. The molecule has 3 aliphatic heterocycles. The standard InChI is InChI=1S/C23H24N2O6S/c1-23(2)19(20(26)24-10-12-5-7-14-16(9-12)31-11-30-14)25-21(27)17-13(22(25)32-23)6-8-15(28-3)18(17)29-4/h5-9,19,22H,10-11H2,1-4H3,(H,24,26)/t19-,22-/m0/s1. The van der Waals surface area contributed by atoms with E-state index >= 15 is 0 Å². The number of fused-ring (bicyclic) bond motifs is 4. The first kappa shape index (κ1) is 20.8. The molecule has 0 unspecified atom stereocenters. The Hall–Kier alpha value is -3.07. The van der Waals surface area contributed by atoms with E-state index < -0.39 is 10.8 Å². The number of hydrogen-bond acceptors (Lipinski definition) is 7. The highest BCUT2D eigenvalue weighted by atomic mass is 32.2. The molecule has 8 nitrogen and oxygen atoms in total. The lowest BCUT2D eigenvalue weighted by Crippen LogP contribution is -2.52. The van der Waals surface area contributed by atoms with Crippen molar-refractivity contribution in [2.45, 2.75) is 36.6 Å². The van der Waals surface area contributed by atoms with Gasteiger partial charge in [0.05, 0.1) is 19.8 Å². The van der Waals surface area contributed by atoms with Crippen molar-refractivity contribution >= 4 is 23.6 Å². The molecule has 2 aromatic carbocycles. The number of carbonyl (C=O) groups is 2. The third-order valence-electron chi connectivity index (χ3n) is 6.05. The van der Waals surface area contributed by atoms with Gasteiger partial charge in [0.2, 0.25) is 12.7 Å². The molecule has 0 spiro atoms. The minimum absolute atomic E-state index is 0.199. The maximum atomic E-state index is 13.5. The van der Waals surface area contributed by atoms with Gasteiger partial charge in [0, 0.05) is 16.9 Å². The summed E-state index contributed by atoms with van der Waals surface area (Å²) in [7, 11) is 3.05. The van der Waals surface area contributed by atoms with Crippen molar-refractivity contribution in [2.75, 3.05) is 21.0 Å². The van der Waals surface area contributed by atoms with Crippen LogP contribution in [0.4, 0.5) is 0 Å². The molecule has 2 atom stereocenters. The molecule has 3 heterocycles. The van der Waals surface area contributed by atoms with Crippen LogP contribution in [0.5, 0.6) is 23.0 Å². The van der Waals surface area contributed by atoms with E-state index in [4.69, 9.17) is 18.9 Å². The number of nitrogens with zero attached hydrogens (tertiary/aromatic N) is 1. The third kappa shape index (κ3) is 3.06. The maximum absolute atomic E-state index is 13.5. The number of amides is 2. The molecule has 1 saturated heterocycles. The summed E-state index contributed by atoms with van der Waals surface area (Å²) in [6.07, 6.45) is 0. The molecule has 0 aromatic heterocycles. The van der Waals surface area contributed by atoms with E-state index in [-0.39, 0.29) is 24.0 Å². The fourth-order valence-electron chi connectivity index (χ4n) is 4.59. The summed E-state index contributed by atoms with van der Waals surface area (Å²) in [4.78, 5) is 28.5. The highest BCUT2D eigenvalue weighted by molar-refractivity contribution is 8.01. The van der Waals surface area contributed by atoms with Gasteiger partial charge in [-0.05, 0) is 37.6 Å². The molecule has 32 heavy (non-hydrogen) atoms. The Morgan fingerprint density at radius 3 is 2.72 bits per heavy atom. The Balaban J connectivity index is 1.41.